The molecule has 0 N–H and O–H groups in total. The summed E-state index contributed by atoms with van der Waals surface area (Å²) >= 11 is 0. The van der Waals surface area contributed by atoms with Crippen LogP contribution in [-0.4, -0.2) is 0 Å². The first kappa shape index (κ1) is 10.3. The van der Waals surface area contributed by atoms with E-state index in [2.05, 4.69) is 32.0 Å². The Balaban J connectivity index is 2.15. The highest BCUT2D eigenvalue weighted by atomic mass is 16.3. The van der Waals surface area contributed by atoms with Crippen molar-refractivity contribution in [2.75, 3.05) is 0 Å². The summed E-state index contributed by atoms with van der Waals surface area (Å²) in [5.41, 5.74) is 1.01. The number of fused-ring (bicyclic) bond motifs is 1. The van der Waals surface area contributed by atoms with Crippen LogP contribution < -0.4 is 0 Å². The van der Waals surface area contributed by atoms with Gasteiger partial charge in [0.15, 0.2) is 0 Å². The van der Waals surface area contributed by atoms with Crippen molar-refractivity contribution in [3.63, 3.8) is 0 Å². The SMILES string of the molecule is CCCC(C)Cc1cc2ccccc2o1. The second-order valence-electron chi connectivity index (χ2n) is 4.35. The van der Waals surface area contributed by atoms with Gasteiger partial charge in [0, 0.05) is 11.8 Å². The van der Waals surface area contributed by atoms with Crippen LogP contribution in [0.2, 0.25) is 0 Å². The maximum Gasteiger partial charge on any atom is 0.134 e. The van der Waals surface area contributed by atoms with Crippen LogP contribution in [0.15, 0.2) is 34.7 Å². The smallest absolute Gasteiger partial charge is 0.134 e. The molecular weight excluding hydrogens is 184 g/mol. The predicted octanol–water partition coefficient (Wildman–Crippen LogP) is 4.41. The zero-order valence-corrected chi connectivity index (χ0v) is 9.49. The molecule has 0 saturated carbocycles. The fourth-order valence-electron chi connectivity index (χ4n) is 2.08. The van der Waals surface area contributed by atoms with Crippen molar-refractivity contribution in [3.05, 3.63) is 36.1 Å². The molecule has 1 heterocycles. The predicted molar refractivity (Wildman–Crippen MR) is 64.0 cm³/mol. The number of furan rings is 1. The number of hydrogen-bond donors (Lipinski definition) is 0. The standard InChI is InChI=1S/C14H18O/c1-3-6-11(2)9-13-10-12-7-4-5-8-14(12)15-13/h4-5,7-8,10-11H,3,6,9H2,1-2H3. The quantitative estimate of drug-likeness (QED) is 0.715. The van der Waals surface area contributed by atoms with E-state index in [0.717, 1.165) is 23.7 Å². The summed E-state index contributed by atoms with van der Waals surface area (Å²) in [5.74, 6) is 1.84. The van der Waals surface area contributed by atoms with Gasteiger partial charge >= 0.3 is 0 Å². The maximum absolute atomic E-state index is 5.79. The van der Waals surface area contributed by atoms with Crippen molar-refractivity contribution in [2.45, 2.75) is 33.1 Å². The number of rotatable bonds is 4. The van der Waals surface area contributed by atoms with Crippen LogP contribution in [0.3, 0.4) is 0 Å². The number of benzene rings is 1. The molecule has 1 atom stereocenters. The van der Waals surface area contributed by atoms with E-state index in [4.69, 9.17) is 4.42 Å². The maximum atomic E-state index is 5.79. The van der Waals surface area contributed by atoms with Crippen LogP contribution >= 0.6 is 0 Å². The lowest BCUT2D eigenvalue weighted by molar-refractivity contribution is 0.454. The van der Waals surface area contributed by atoms with E-state index in [0.29, 0.717) is 0 Å². The Morgan fingerprint density at radius 3 is 2.80 bits per heavy atom. The highest BCUT2D eigenvalue weighted by Gasteiger charge is 2.07. The molecule has 80 valence electrons. The van der Waals surface area contributed by atoms with Crippen molar-refractivity contribution in [3.8, 4) is 0 Å². The summed E-state index contributed by atoms with van der Waals surface area (Å²) in [6.45, 7) is 4.52. The van der Waals surface area contributed by atoms with Crippen molar-refractivity contribution < 1.29 is 4.42 Å². The summed E-state index contributed by atoms with van der Waals surface area (Å²) < 4.78 is 5.79. The van der Waals surface area contributed by atoms with Gasteiger partial charge < -0.3 is 4.42 Å². The van der Waals surface area contributed by atoms with Gasteiger partial charge in [-0.2, -0.15) is 0 Å². The summed E-state index contributed by atoms with van der Waals surface area (Å²) in [6.07, 6.45) is 3.58. The van der Waals surface area contributed by atoms with Crippen LogP contribution in [0.4, 0.5) is 0 Å². The highest BCUT2D eigenvalue weighted by molar-refractivity contribution is 5.77. The topological polar surface area (TPSA) is 13.1 Å². The first-order chi connectivity index (χ1) is 7.29. The van der Waals surface area contributed by atoms with E-state index in [1.165, 1.54) is 18.2 Å². The molecule has 15 heavy (non-hydrogen) atoms. The average Bonchev–Trinajstić information content (AvgIpc) is 2.59. The normalized spacial score (nSPS) is 13.2. The number of hydrogen-bond acceptors (Lipinski definition) is 1. The van der Waals surface area contributed by atoms with Gasteiger partial charge in [-0.25, -0.2) is 0 Å². The molecule has 0 aliphatic heterocycles. The molecule has 1 aromatic carbocycles. The van der Waals surface area contributed by atoms with Gasteiger partial charge in [0.05, 0.1) is 0 Å². The summed E-state index contributed by atoms with van der Waals surface area (Å²) in [4.78, 5) is 0. The van der Waals surface area contributed by atoms with E-state index >= 15 is 0 Å². The van der Waals surface area contributed by atoms with Crippen molar-refractivity contribution in [1.82, 2.24) is 0 Å². The average molecular weight is 202 g/mol. The molecule has 0 aliphatic carbocycles. The van der Waals surface area contributed by atoms with Gasteiger partial charge in [-0.1, -0.05) is 44.9 Å². The lowest BCUT2D eigenvalue weighted by Crippen LogP contribution is -1.97. The molecule has 0 aliphatic rings. The van der Waals surface area contributed by atoms with Crippen LogP contribution in [-0.2, 0) is 6.42 Å². The minimum atomic E-state index is 0.718. The van der Waals surface area contributed by atoms with Crippen molar-refractivity contribution >= 4 is 11.0 Å². The third kappa shape index (κ3) is 2.41. The summed E-state index contributed by atoms with van der Waals surface area (Å²) in [6, 6.07) is 10.4. The fraction of sp³-hybridized carbons (Fsp3) is 0.429. The third-order valence-corrected chi connectivity index (χ3v) is 2.81. The van der Waals surface area contributed by atoms with Gasteiger partial charge in [0.2, 0.25) is 0 Å². The van der Waals surface area contributed by atoms with Gasteiger partial charge in [0.1, 0.15) is 11.3 Å². The Morgan fingerprint density at radius 2 is 2.07 bits per heavy atom. The molecule has 1 unspecified atom stereocenters. The van der Waals surface area contributed by atoms with Gasteiger partial charge in [-0.05, 0) is 18.1 Å². The van der Waals surface area contributed by atoms with E-state index < -0.39 is 0 Å². The molecule has 0 radical (unpaired) electrons. The van der Waals surface area contributed by atoms with Crippen LogP contribution in [0.1, 0.15) is 32.4 Å². The van der Waals surface area contributed by atoms with Crippen molar-refractivity contribution in [1.29, 1.82) is 0 Å². The molecule has 0 amide bonds. The molecule has 0 fully saturated rings. The molecule has 0 bridgehead atoms. The molecule has 1 nitrogen and oxygen atoms in total. The first-order valence-electron chi connectivity index (χ1n) is 5.77. The van der Waals surface area contributed by atoms with Crippen LogP contribution in [0.5, 0.6) is 0 Å². The summed E-state index contributed by atoms with van der Waals surface area (Å²) in [5, 5.41) is 1.22. The Labute approximate surface area is 91.1 Å². The second kappa shape index (κ2) is 4.52. The lowest BCUT2D eigenvalue weighted by atomic mass is 10.0. The first-order valence-corrected chi connectivity index (χ1v) is 5.77. The Hall–Kier alpha value is -1.24. The molecule has 0 saturated heterocycles. The monoisotopic (exact) mass is 202 g/mol. The van der Waals surface area contributed by atoms with Crippen molar-refractivity contribution in [2.24, 2.45) is 5.92 Å². The van der Waals surface area contributed by atoms with Gasteiger partial charge in [-0.3, -0.25) is 0 Å². The largest absolute Gasteiger partial charge is 0.461 e. The highest BCUT2D eigenvalue weighted by Crippen LogP contribution is 2.22. The van der Waals surface area contributed by atoms with Crippen LogP contribution in [0.25, 0.3) is 11.0 Å². The Bertz CT molecular complexity index is 395. The Kier molecular flexibility index (Phi) is 3.10. The van der Waals surface area contributed by atoms with E-state index in [1.807, 2.05) is 12.1 Å². The molecule has 0 spiro atoms. The zero-order valence-electron chi connectivity index (χ0n) is 9.49. The summed E-state index contributed by atoms with van der Waals surface area (Å²) in [7, 11) is 0. The molecular formula is C14H18O. The molecule has 1 heteroatoms. The van der Waals surface area contributed by atoms with E-state index in [1.54, 1.807) is 0 Å². The number of para-hydroxylation sites is 1. The minimum Gasteiger partial charge on any atom is -0.461 e. The molecule has 2 aromatic rings. The van der Waals surface area contributed by atoms with E-state index in [-0.39, 0.29) is 0 Å². The lowest BCUT2D eigenvalue weighted by Gasteiger charge is -2.06. The van der Waals surface area contributed by atoms with Crippen LogP contribution in [0, 0.1) is 5.92 Å². The molecule has 1 aromatic heterocycles. The minimum absolute atomic E-state index is 0.718. The van der Waals surface area contributed by atoms with Gasteiger partial charge in [0.25, 0.3) is 0 Å². The molecule has 2 rings (SSSR count). The van der Waals surface area contributed by atoms with Gasteiger partial charge in [-0.15, -0.1) is 0 Å². The Morgan fingerprint density at radius 1 is 1.27 bits per heavy atom. The van der Waals surface area contributed by atoms with E-state index in [9.17, 15) is 0 Å². The third-order valence-electron chi connectivity index (χ3n) is 2.81. The second-order valence-corrected chi connectivity index (χ2v) is 4.35. The zero-order chi connectivity index (χ0) is 10.7. The fourth-order valence-corrected chi connectivity index (χ4v) is 2.08.